The lowest BCUT2D eigenvalue weighted by molar-refractivity contribution is 0.0983. The van der Waals surface area contributed by atoms with Gasteiger partial charge in [-0.25, -0.2) is 4.79 Å². The van der Waals surface area contributed by atoms with Crippen molar-refractivity contribution < 1.29 is 19.1 Å². The van der Waals surface area contributed by atoms with Crippen molar-refractivity contribution in [1.29, 1.82) is 0 Å². The Kier molecular flexibility index (Phi) is 7.75. The lowest BCUT2D eigenvalue weighted by Crippen LogP contribution is -2.48. The number of carbonyl (C=O) groups excluding carboxylic acids is 3. The van der Waals surface area contributed by atoms with Crippen molar-refractivity contribution in [2.24, 2.45) is 0 Å². The van der Waals surface area contributed by atoms with Crippen molar-refractivity contribution in [3.8, 4) is 5.75 Å². The van der Waals surface area contributed by atoms with Crippen molar-refractivity contribution in [3.05, 3.63) is 95.7 Å². The third-order valence-corrected chi connectivity index (χ3v) is 9.17. The molecule has 2 aliphatic rings. The Morgan fingerprint density at radius 1 is 0.957 bits per heavy atom. The largest absolute Gasteiger partial charge is 0.415 e. The van der Waals surface area contributed by atoms with E-state index in [2.05, 4.69) is 15.2 Å². The second kappa shape index (κ2) is 12.0. The van der Waals surface area contributed by atoms with Gasteiger partial charge in [-0.1, -0.05) is 24.3 Å². The van der Waals surface area contributed by atoms with E-state index in [0.29, 0.717) is 59.6 Å². The minimum atomic E-state index is -0.405. The van der Waals surface area contributed by atoms with E-state index in [1.807, 2.05) is 43.4 Å². The monoisotopic (exact) mass is 636 g/mol. The van der Waals surface area contributed by atoms with Gasteiger partial charge in [-0.2, -0.15) is 0 Å². The van der Waals surface area contributed by atoms with Crippen LogP contribution >= 0.6 is 11.6 Å². The van der Waals surface area contributed by atoms with Crippen LogP contribution in [0.3, 0.4) is 0 Å². The fourth-order valence-corrected chi connectivity index (χ4v) is 6.52. The van der Waals surface area contributed by atoms with E-state index in [9.17, 15) is 14.4 Å². The van der Waals surface area contributed by atoms with Crippen molar-refractivity contribution >= 4 is 68.2 Å². The number of aromatic amines is 1. The summed E-state index contributed by atoms with van der Waals surface area (Å²) in [5.41, 5.74) is 10.2. The molecule has 2 aliphatic heterocycles. The van der Waals surface area contributed by atoms with Gasteiger partial charge in [0.2, 0.25) is 0 Å². The number of fused-ring (bicyclic) bond motifs is 4. The van der Waals surface area contributed by atoms with Crippen LogP contribution in [-0.2, 0) is 0 Å². The molecule has 1 unspecified atom stereocenters. The molecule has 3 amide bonds. The molecule has 0 saturated carbocycles. The molecule has 0 radical (unpaired) electrons. The van der Waals surface area contributed by atoms with Crippen molar-refractivity contribution in [1.82, 2.24) is 14.8 Å². The number of halogens is 1. The number of nitrogens with zero attached hydrogens (tertiary/aromatic N) is 3. The number of nitrogens with two attached hydrogens (primary N) is 1. The van der Waals surface area contributed by atoms with Gasteiger partial charge < -0.3 is 35.5 Å². The van der Waals surface area contributed by atoms with Crippen LogP contribution in [0.5, 0.6) is 5.75 Å². The lowest BCUT2D eigenvalue weighted by Gasteiger charge is -2.31. The molecule has 1 fully saturated rings. The number of nitrogens with one attached hydrogen (secondary N) is 2. The summed E-state index contributed by atoms with van der Waals surface area (Å²) in [6.07, 6.45) is -0.405. The fraction of sp³-hybridized carbons (Fsp3) is 0.229. The van der Waals surface area contributed by atoms with Gasteiger partial charge in [-0.3, -0.25) is 9.59 Å². The maximum Gasteiger partial charge on any atom is 0.415 e. The van der Waals surface area contributed by atoms with Crippen LogP contribution in [0.4, 0.5) is 21.9 Å². The Hall–Kier alpha value is -5.06. The number of hydrogen-bond acceptors (Lipinski definition) is 6. The van der Waals surface area contributed by atoms with E-state index < -0.39 is 6.09 Å². The molecule has 0 aliphatic carbocycles. The van der Waals surface area contributed by atoms with Gasteiger partial charge in [0, 0.05) is 83.8 Å². The molecule has 4 N–H and O–H groups in total. The number of anilines is 3. The average Bonchev–Trinajstić information content (AvgIpc) is 3.66. The smallest absolute Gasteiger partial charge is 0.409 e. The number of alkyl halides is 1. The second-order valence-corrected chi connectivity index (χ2v) is 12.1. The number of amides is 3. The summed E-state index contributed by atoms with van der Waals surface area (Å²) in [6.45, 7) is 3.12. The van der Waals surface area contributed by atoms with Crippen LogP contribution in [-0.4, -0.2) is 78.3 Å². The number of piperazine rings is 1. The highest BCUT2D eigenvalue weighted by Gasteiger charge is 2.36. The highest BCUT2D eigenvalue weighted by Crippen LogP contribution is 2.46. The Morgan fingerprint density at radius 3 is 2.43 bits per heavy atom. The molecule has 11 heteroatoms. The Bertz CT molecular complexity index is 1980. The fourth-order valence-electron chi connectivity index (χ4n) is 6.27. The number of hydrogen-bond donors (Lipinski definition) is 3. The number of rotatable bonds is 5. The quantitative estimate of drug-likeness (QED) is 0.163. The molecule has 7 rings (SSSR count). The number of ether oxygens (including phenoxy) is 1. The van der Waals surface area contributed by atoms with E-state index in [0.717, 1.165) is 40.3 Å². The predicted octanol–water partition coefficient (Wildman–Crippen LogP) is 5.88. The molecule has 1 atom stereocenters. The van der Waals surface area contributed by atoms with Crippen LogP contribution in [0.1, 0.15) is 32.3 Å². The number of aromatic nitrogens is 1. The number of H-pyrrole nitrogens is 1. The van der Waals surface area contributed by atoms with E-state index in [-0.39, 0.29) is 17.7 Å². The number of likely N-dealkylation sites (N-methyl/N-ethyl adjacent to an activating group) is 1. The molecule has 46 heavy (non-hydrogen) atoms. The summed E-state index contributed by atoms with van der Waals surface area (Å²) in [5, 5.41) is 5.38. The van der Waals surface area contributed by atoms with E-state index >= 15 is 0 Å². The zero-order valence-corrected chi connectivity index (χ0v) is 26.0. The topological polar surface area (TPSA) is 124 Å². The van der Waals surface area contributed by atoms with Gasteiger partial charge in [0.1, 0.15) is 11.4 Å². The predicted molar refractivity (Wildman–Crippen MR) is 181 cm³/mol. The SMILES string of the molecule is CN1CCN(C(=O)Oc2cc3c(c4ccccc24)C(CCl)CN3C(=O)c2cc3cc(NC(=O)c4ccc(N)cc4)ccc3[nH]2)CC1. The Balaban J connectivity index is 1.19. The van der Waals surface area contributed by atoms with Gasteiger partial charge in [-0.15, -0.1) is 11.6 Å². The highest BCUT2D eigenvalue weighted by molar-refractivity contribution is 6.19. The summed E-state index contributed by atoms with van der Waals surface area (Å²) in [5.74, 6) is 0.134. The second-order valence-electron chi connectivity index (χ2n) is 11.8. The van der Waals surface area contributed by atoms with Crippen molar-refractivity contribution in [2.75, 3.05) is 61.6 Å². The first-order valence-electron chi connectivity index (χ1n) is 15.2. The number of nitrogen functional groups attached to an aromatic ring is 1. The van der Waals surface area contributed by atoms with Gasteiger partial charge in [0.05, 0.1) is 5.69 Å². The number of carbonyl (C=O) groups is 3. The summed E-state index contributed by atoms with van der Waals surface area (Å²) >= 11 is 6.48. The average molecular weight is 637 g/mol. The first-order valence-corrected chi connectivity index (χ1v) is 15.7. The number of benzene rings is 4. The van der Waals surface area contributed by atoms with Crippen LogP contribution < -0.4 is 20.7 Å². The minimum Gasteiger partial charge on any atom is -0.409 e. The van der Waals surface area contributed by atoms with Gasteiger partial charge >= 0.3 is 6.09 Å². The Labute approximate surface area is 270 Å². The molecule has 5 aromatic rings. The maximum absolute atomic E-state index is 14.1. The maximum atomic E-state index is 14.1. The summed E-state index contributed by atoms with van der Waals surface area (Å²) in [7, 11) is 2.03. The van der Waals surface area contributed by atoms with E-state index in [4.69, 9.17) is 22.1 Å². The molecule has 0 bridgehead atoms. The first kappa shape index (κ1) is 29.6. The third-order valence-electron chi connectivity index (χ3n) is 8.80. The van der Waals surface area contributed by atoms with Crippen LogP contribution in [0.25, 0.3) is 21.7 Å². The molecule has 1 saturated heterocycles. The molecule has 4 aromatic carbocycles. The molecule has 234 valence electrons. The normalized spacial score (nSPS) is 16.5. The van der Waals surface area contributed by atoms with Crippen LogP contribution in [0, 0.1) is 0 Å². The van der Waals surface area contributed by atoms with Crippen molar-refractivity contribution in [2.45, 2.75) is 5.92 Å². The standard InChI is InChI=1S/C35H33ClN6O4/c1-40-12-14-41(15-13-40)35(45)46-31-18-30-32(27-5-3-2-4-26(27)31)23(19-36)20-42(30)34(44)29-17-22-16-25(10-11-28(22)39-29)38-33(43)21-6-8-24(37)9-7-21/h2-11,16-18,23,39H,12-15,19-20,37H2,1H3,(H,38,43). The molecular formula is C35H33ClN6O4. The van der Waals surface area contributed by atoms with Crippen LogP contribution in [0.2, 0.25) is 0 Å². The molecule has 3 heterocycles. The molecule has 0 spiro atoms. The molecular weight excluding hydrogens is 604 g/mol. The zero-order valence-electron chi connectivity index (χ0n) is 25.3. The van der Waals surface area contributed by atoms with E-state index in [1.165, 1.54) is 0 Å². The lowest BCUT2D eigenvalue weighted by atomic mass is 9.95. The van der Waals surface area contributed by atoms with Gasteiger partial charge in [0.15, 0.2) is 0 Å². The van der Waals surface area contributed by atoms with Crippen LogP contribution in [0.15, 0.2) is 78.9 Å². The summed E-state index contributed by atoms with van der Waals surface area (Å²) in [6, 6.07) is 23.4. The van der Waals surface area contributed by atoms with E-state index in [1.54, 1.807) is 52.3 Å². The van der Waals surface area contributed by atoms with Gasteiger partial charge in [0.25, 0.3) is 11.8 Å². The first-order chi connectivity index (χ1) is 22.3. The minimum absolute atomic E-state index is 0.104. The third kappa shape index (κ3) is 5.50. The summed E-state index contributed by atoms with van der Waals surface area (Å²) in [4.78, 5) is 48.9. The summed E-state index contributed by atoms with van der Waals surface area (Å²) < 4.78 is 6.01. The highest BCUT2D eigenvalue weighted by atomic mass is 35.5. The van der Waals surface area contributed by atoms with Crippen molar-refractivity contribution in [3.63, 3.8) is 0 Å². The molecule has 10 nitrogen and oxygen atoms in total. The zero-order chi connectivity index (χ0) is 31.9. The Morgan fingerprint density at radius 2 is 1.70 bits per heavy atom. The van der Waals surface area contributed by atoms with Gasteiger partial charge in [-0.05, 0) is 66.5 Å². The molecule has 1 aromatic heterocycles.